The molecular weight excluding hydrogens is 504 g/mol. The highest BCUT2D eigenvalue weighted by molar-refractivity contribution is 7.22. The van der Waals surface area contributed by atoms with Gasteiger partial charge in [-0.25, -0.2) is 0 Å². The van der Waals surface area contributed by atoms with Crippen molar-refractivity contribution in [3.05, 3.63) is 70.5 Å². The highest BCUT2D eigenvalue weighted by Crippen LogP contribution is 2.54. The number of amides is 1. The third-order valence-electron chi connectivity index (χ3n) is 8.39. The van der Waals surface area contributed by atoms with E-state index < -0.39 is 41.6 Å². The molecule has 3 aliphatic carbocycles. The molecule has 1 amide bonds. The SMILES string of the molecule is CN(C)C1C(O)=C(C(N)=O)CC2(O)C(=O)C3=C(O)c4c(O)ccc(-c5cc6ccccc6s5)c4CC3CC12. The van der Waals surface area contributed by atoms with Crippen molar-refractivity contribution in [1.29, 1.82) is 0 Å². The second-order valence-electron chi connectivity index (χ2n) is 10.7. The maximum Gasteiger partial charge on any atom is 0.248 e. The summed E-state index contributed by atoms with van der Waals surface area (Å²) in [6, 6.07) is 12.6. The molecule has 4 atom stereocenters. The molecule has 8 nitrogen and oxygen atoms in total. The molecule has 6 rings (SSSR count). The molecule has 1 fully saturated rings. The van der Waals surface area contributed by atoms with Crippen LogP contribution in [0.1, 0.15) is 24.0 Å². The third-order valence-corrected chi connectivity index (χ3v) is 9.54. The van der Waals surface area contributed by atoms with Crippen LogP contribution >= 0.6 is 11.3 Å². The number of Topliss-reactive ketones (excluding diaryl/α,β-unsaturated/α-hetero) is 1. The molecule has 0 radical (unpaired) electrons. The number of fused-ring (bicyclic) bond motifs is 4. The molecule has 1 aromatic heterocycles. The molecule has 0 bridgehead atoms. The number of hydrogen-bond acceptors (Lipinski definition) is 8. The van der Waals surface area contributed by atoms with Crippen LogP contribution in [-0.4, -0.2) is 62.8 Å². The third kappa shape index (κ3) is 3.35. The zero-order chi connectivity index (χ0) is 27.1. The van der Waals surface area contributed by atoms with Crippen LogP contribution < -0.4 is 5.73 Å². The van der Waals surface area contributed by atoms with E-state index in [9.17, 15) is 30.0 Å². The molecule has 6 N–H and O–H groups in total. The van der Waals surface area contributed by atoms with E-state index in [1.165, 1.54) is 6.07 Å². The number of carbonyl (C=O) groups excluding carboxylic acids is 2. The number of aliphatic hydroxyl groups excluding tert-OH is 2. The first kappa shape index (κ1) is 24.7. The number of aromatic hydroxyl groups is 1. The van der Waals surface area contributed by atoms with Crippen LogP contribution in [-0.2, 0) is 16.0 Å². The summed E-state index contributed by atoms with van der Waals surface area (Å²) in [6.07, 6.45) is 0.200. The molecule has 0 saturated heterocycles. The first-order valence-electron chi connectivity index (χ1n) is 12.5. The van der Waals surface area contributed by atoms with E-state index in [1.54, 1.807) is 30.3 Å². The standard InChI is InChI=1S/C29H28N2O6S/c1-31(2)24-18-10-14-9-16-15(21-11-13-5-3-4-6-20(13)38-21)7-8-19(32)23(16)26(34)22(14)27(35)29(18,37)12-17(25(24)33)28(30)36/h3-8,11,14,18,24,32-34,37H,9-10,12H2,1-2H3,(H2,30,36). The number of primary amides is 1. The zero-order valence-electron chi connectivity index (χ0n) is 20.9. The second kappa shape index (κ2) is 8.42. The smallest absolute Gasteiger partial charge is 0.248 e. The summed E-state index contributed by atoms with van der Waals surface area (Å²) in [5.74, 6) is -3.54. The maximum atomic E-state index is 13.9. The molecule has 196 valence electrons. The summed E-state index contributed by atoms with van der Waals surface area (Å²) in [4.78, 5) is 28.7. The normalized spacial score (nSPS) is 26.9. The second-order valence-corrected chi connectivity index (χ2v) is 11.8. The van der Waals surface area contributed by atoms with Gasteiger partial charge in [0.25, 0.3) is 0 Å². The van der Waals surface area contributed by atoms with Gasteiger partial charge in [-0.3, -0.25) is 14.5 Å². The number of phenols is 1. The van der Waals surface area contributed by atoms with Gasteiger partial charge in [0.15, 0.2) is 5.78 Å². The van der Waals surface area contributed by atoms with E-state index >= 15 is 0 Å². The Bertz CT molecular complexity index is 1570. The quantitative estimate of drug-likeness (QED) is 0.346. The van der Waals surface area contributed by atoms with Crippen LogP contribution in [0.2, 0.25) is 0 Å². The highest BCUT2D eigenvalue weighted by Gasteiger charge is 2.60. The molecule has 38 heavy (non-hydrogen) atoms. The van der Waals surface area contributed by atoms with Crippen LogP contribution in [0.15, 0.2) is 59.4 Å². The Kier molecular flexibility index (Phi) is 5.47. The van der Waals surface area contributed by atoms with Gasteiger partial charge in [0, 0.05) is 27.5 Å². The molecule has 1 heterocycles. The van der Waals surface area contributed by atoms with Crippen molar-refractivity contribution in [3.63, 3.8) is 0 Å². The van der Waals surface area contributed by atoms with Crippen molar-refractivity contribution in [1.82, 2.24) is 4.90 Å². The summed E-state index contributed by atoms with van der Waals surface area (Å²) in [7, 11) is 3.40. The number of nitrogens with two attached hydrogens (primary N) is 1. The average molecular weight is 533 g/mol. The van der Waals surface area contributed by atoms with Gasteiger partial charge in [-0.2, -0.15) is 0 Å². The Hall–Kier alpha value is -3.66. The molecule has 3 aromatic rings. The number of aliphatic hydroxyl groups is 3. The fourth-order valence-electron chi connectivity index (χ4n) is 6.68. The van der Waals surface area contributed by atoms with E-state index in [0.717, 1.165) is 26.1 Å². The Morgan fingerprint density at radius 3 is 2.55 bits per heavy atom. The number of likely N-dealkylation sites (N-methyl/N-ethyl adjacent to an activating group) is 1. The summed E-state index contributed by atoms with van der Waals surface area (Å²) in [5, 5.41) is 46.0. The number of phenolic OH excluding ortho intramolecular Hbond substituents is 1. The average Bonchev–Trinajstić information content (AvgIpc) is 3.29. The van der Waals surface area contributed by atoms with E-state index in [0.29, 0.717) is 6.42 Å². The van der Waals surface area contributed by atoms with Crippen molar-refractivity contribution in [2.75, 3.05) is 14.1 Å². The summed E-state index contributed by atoms with van der Waals surface area (Å²) < 4.78 is 1.11. The summed E-state index contributed by atoms with van der Waals surface area (Å²) in [6.45, 7) is 0. The minimum atomic E-state index is -2.04. The highest BCUT2D eigenvalue weighted by atomic mass is 32.1. The molecule has 2 aromatic carbocycles. The van der Waals surface area contributed by atoms with E-state index in [2.05, 4.69) is 6.07 Å². The van der Waals surface area contributed by atoms with Gasteiger partial charge < -0.3 is 26.2 Å². The number of carbonyl (C=O) groups is 2. The van der Waals surface area contributed by atoms with Crippen LogP contribution in [0.3, 0.4) is 0 Å². The molecular formula is C29H28N2O6S. The number of nitrogens with zero attached hydrogens (tertiary/aromatic N) is 1. The lowest BCUT2D eigenvalue weighted by Gasteiger charge is -2.51. The van der Waals surface area contributed by atoms with E-state index in [1.807, 2.05) is 30.3 Å². The fourth-order valence-corrected chi connectivity index (χ4v) is 7.79. The lowest BCUT2D eigenvalue weighted by atomic mass is 9.57. The minimum absolute atomic E-state index is 0.0442. The predicted molar refractivity (Wildman–Crippen MR) is 145 cm³/mol. The first-order chi connectivity index (χ1) is 18.0. The number of benzene rings is 2. The Morgan fingerprint density at radius 2 is 1.87 bits per heavy atom. The van der Waals surface area contributed by atoms with Gasteiger partial charge in [-0.05, 0) is 73.6 Å². The van der Waals surface area contributed by atoms with Crippen molar-refractivity contribution in [2.24, 2.45) is 17.6 Å². The predicted octanol–water partition coefficient (Wildman–Crippen LogP) is 3.67. The monoisotopic (exact) mass is 532 g/mol. The number of hydrogen-bond donors (Lipinski definition) is 5. The summed E-state index contributed by atoms with van der Waals surface area (Å²) in [5.41, 5.74) is 5.09. The van der Waals surface area contributed by atoms with Crippen LogP contribution in [0, 0.1) is 11.8 Å². The van der Waals surface area contributed by atoms with Crippen molar-refractivity contribution in [2.45, 2.75) is 30.9 Å². The zero-order valence-corrected chi connectivity index (χ0v) is 21.7. The molecule has 0 spiro atoms. The Morgan fingerprint density at radius 1 is 1.13 bits per heavy atom. The molecule has 0 aliphatic heterocycles. The fraction of sp³-hybridized carbons (Fsp3) is 0.310. The Labute approximate surface area is 222 Å². The number of rotatable bonds is 3. The number of ketones is 1. The lowest BCUT2D eigenvalue weighted by molar-refractivity contribution is -0.151. The maximum absolute atomic E-state index is 13.9. The number of thiophene rings is 1. The van der Waals surface area contributed by atoms with Crippen molar-refractivity contribution in [3.8, 4) is 16.2 Å². The van der Waals surface area contributed by atoms with Gasteiger partial charge in [-0.15, -0.1) is 11.3 Å². The molecule has 1 saturated carbocycles. The van der Waals surface area contributed by atoms with Crippen LogP contribution in [0.4, 0.5) is 0 Å². The van der Waals surface area contributed by atoms with E-state index in [4.69, 9.17) is 5.73 Å². The van der Waals surface area contributed by atoms with Gasteiger partial charge >= 0.3 is 0 Å². The first-order valence-corrected chi connectivity index (χ1v) is 13.3. The van der Waals surface area contributed by atoms with Gasteiger partial charge in [-0.1, -0.05) is 18.2 Å². The minimum Gasteiger partial charge on any atom is -0.510 e. The van der Waals surface area contributed by atoms with Crippen LogP contribution in [0.25, 0.3) is 26.3 Å². The molecule has 3 aliphatic rings. The summed E-state index contributed by atoms with van der Waals surface area (Å²) >= 11 is 1.61. The Balaban J connectivity index is 1.52. The molecule has 4 unspecified atom stereocenters. The van der Waals surface area contributed by atoms with Crippen LogP contribution in [0.5, 0.6) is 5.75 Å². The van der Waals surface area contributed by atoms with Gasteiger partial charge in [0.05, 0.1) is 17.2 Å². The van der Waals surface area contributed by atoms with Crippen molar-refractivity contribution < 1.29 is 30.0 Å². The lowest BCUT2D eigenvalue weighted by Crippen LogP contribution is -2.62. The van der Waals surface area contributed by atoms with Gasteiger partial charge in [0.2, 0.25) is 5.91 Å². The topological polar surface area (TPSA) is 144 Å². The van der Waals surface area contributed by atoms with Crippen molar-refractivity contribution >= 4 is 38.9 Å². The van der Waals surface area contributed by atoms with Gasteiger partial charge in [0.1, 0.15) is 22.9 Å². The van der Waals surface area contributed by atoms with E-state index in [-0.39, 0.29) is 40.4 Å². The largest absolute Gasteiger partial charge is 0.510 e. The molecule has 9 heteroatoms.